The minimum absolute atomic E-state index is 0.266. The minimum Gasteiger partial charge on any atom is -0.480 e. The van der Waals surface area contributed by atoms with Crippen LogP contribution >= 0.6 is 0 Å². The van der Waals surface area contributed by atoms with Crippen LogP contribution < -0.4 is 10.6 Å². The van der Waals surface area contributed by atoms with Gasteiger partial charge in [-0.2, -0.15) is 0 Å². The number of carbonyl (C=O) groups is 3. The van der Waals surface area contributed by atoms with Crippen LogP contribution in [0, 0.1) is 5.82 Å². The fourth-order valence-electron chi connectivity index (χ4n) is 3.66. The molecule has 3 N–H and O–H groups in total. The molecule has 7 heteroatoms. The Morgan fingerprint density at radius 1 is 1.00 bits per heavy atom. The number of halogens is 1. The molecule has 0 saturated heterocycles. The predicted octanol–water partition coefficient (Wildman–Crippen LogP) is 3.09. The van der Waals surface area contributed by atoms with Crippen LogP contribution in [0.2, 0.25) is 0 Å². The van der Waals surface area contributed by atoms with Gasteiger partial charge >= 0.3 is 5.97 Å². The number of aliphatic carboxylic acids is 1. The van der Waals surface area contributed by atoms with E-state index in [1.807, 2.05) is 0 Å². The summed E-state index contributed by atoms with van der Waals surface area (Å²) in [5.74, 6) is -2.30. The minimum atomic E-state index is -1.13. The van der Waals surface area contributed by atoms with Crippen LogP contribution in [0.3, 0.4) is 0 Å². The Morgan fingerprint density at radius 2 is 1.64 bits per heavy atom. The van der Waals surface area contributed by atoms with E-state index in [9.17, 15) is 18.8 Å². The van der Waals surface area contributed by atoms with Gasteiger partial charge < -0.3 is 15.7 Å². The number of amides is 2. The fraction of sp³-hybridized carbons (Fsp3) is 0.286. The molecule has 0 aliphatic heterocycles. The van der Waals surface area contributed by atoms with Gasteiger partial charge in [-0.3, -0.25) is 14.4 Å². The van der Waals surface area contributed by atoms with Crippen molar-refractivity contribution in [2.45, 2.75) is 31.1 Å². The third-order valence-electron chi connectivity index (χ3n) is 5.09. The first-order valence-electron chi connectivity index (χ1n) is 9.09. The van der Waals surface area contributed by atoms with Crippen LogP contribution in [-0.2, 0) is 15.0 Å². The maximum absolute atomic E-state index is 14.4. The molecule has 0 radical (unpaired) electrons. The Bertz CT molecular complexity index is 890. The molecule has 3 rings (SSSR count). The van der Waals surface area contributed by atoms with Crippen molar-refractivity contribution < 1.29 is 23.9 Å². The fourth-order valence-corrected chi connectivity index (χ4v) is 3.66. The van der Waals surface area contributed by atoms with E-state index in [1.54, 1.807) is 30.3 Å². The second kappa shape index (κ2) is 8.21. The van der Waals surface area contributed by atoms with Gasteiger partial charge in [0.15, 0.2) is 0 Å². The zero-order valence-corrected chi connectivity index (χ0v) is 15.2. The molecule has 146 valence electrons. The van der Waals surface area contributed by atoms with E-state index >= 15 is 0 Å². The Balaban J connectivity index is 1.75. The highest BCUT2D eigenvalue weighted by atomic mass is 19.1. The third-order valence-corrected chi connectivity index (χ3v) is 5.09. The number of carbonyl (C=O) groups excluding carboxylic acids is 2. The first-order valence-corrected chi connectivity index (χ1v) is 9.09. The summed E-state index contributed by atoms with van der Waals surface area (Å²) in [5, 5.41) is 13.7. The molecule has 0 heterocycles. The van der Waals surface area contributed by atoms with E-state index in [1.165, 1.54) is 18.2 Å². The van der Waals surface area contributed by atoms with E-state index in [0.29, 0.717) is 24.1 Å². The molecule has 0 spiro atoms. The summed E-state index contributed by atoms with van der Waals surface area (Å²) in [6.07, 6.45) is 2.86. The molecule has 1 aliphatic rings. The number of benzene rings is 2. The van der Waals surface area contributed by atoms with Gasteiger partial charge in [-0.25, -0.2) is 4.39 Å². The van der Waals surface area contributed by atoms with Gasteiger partial charge in [0.05, 0.1) is 5.41 Å². The Labute approximate surface area is 161 Å². The van der Waals surface area contributed by atoms with Crippen molar-refractivity contribution in [2.24, 2.45) is 0 Å². The summed E-state index contributed by atoms with van der Waals surface area (Å²) >= 11 is 0. The van der Waals surface area contributed by atoms with Crippen molar-refractivity contribution in [2.75, 3.05) is 11.9 Å². The van der Waals surface area contributed by atoms with Crippen LogP contribution in [-0.4, -0.2) is 29.4 Å². The maximum Gasteiger partial charge on any atom is 0.322 e. The number of carboxylic acids is 1. The van der Waals surface area contributed by atoms with Crippen LogP contribution in [0.15, 0.2) is 48.5 Å². The summed E-state index contributed by atoms with van der Waals surface area (Å²) in [5.41, 5.74) is 0.282. The van der Waals surface area contributed by atoms with Crippen molar-refractivity contribution in [1.29, 1.82) is 0 Å². The second-order valence-electron chi connectivity index (χ2n) is 6.88. The van der Waals surface area contributed by atoms with Crippen LogP contribution in [0.25, 0.3) is 0 Å². The predicted molar refractivity (Wildman–Crippen MR) is 102 cm³/mol. The number of rotatable bonds is 6. The standard InChI is InChI=1S/C21H21FN2O4/c22-17-6-2-1-5-16(17)21(11-3-4-12-21)20(28)24-15-9-7-14(8-10-15)19(27)23-13-18(25)26/h1-2,5-10H,3-4,11-13H2,(H,23,27)(H,24,28)(H,25,26). The molecule has 0 atom stereocenters. The van der Waals surface area contributed by atoms with E-state index in [4.69, 9.17) is 5.11 Å². The lowest BCUT2D eigenvalue weighted by Crippen LogP contribution is -2.38. The van der Waals surface area contributed by atoms with Gasteiger partial charge in [0, 0.05) is 16.8 Å². The lowest BCUT2D eigenvalue weighted by Gasteiger charge is -2.28. The van der Waals surface area contributed by atoms with Crippen LogP contribution in [0.1, 0.15) is 41.6 Å². The first kappa shape index (κ1) is 19.5. The molecular formula is C21H21FN2O4. The average Bonchev–Trinajstić information content (AvgIpc) is 3.18. The lowest BCUT2D eigenvalue weighted by atomic mass is 9.77. The molecule has 1 fully saturated rings. The maximum atomic E-state index is 14.4. The molecule has 0 aromatic heterocycles. The van der Waals surface area contributed by atoms with Gasteiger partial charge in [-0.05, 0) is 43.2 Å². The monoisotopic (exact) mass is 384 g/mol. The quantitative estimate of drug-likeness (QED) is 0.713. The Hall–Kier alpha value is -3.22. The Morgan fingerprint density at radius 3 is 2.25 bits per heavy atom. The van der Waals surface area contributed by atoms with Crippen molar-refractivity contribution in [3.63, 3.8) is 0 Å². The van der Waals surface area contributed by atoms with Gasteiger partial charge in [0.2, 0.25) is 5.91 Å². The Kier molecular flexibility index (Phi) is 5.73. The normalized spacial score (nSPS) is 15.0. The highest BCUT2D eigenvalue weighted by Crippen LogP contribution is 2.43. The molecule has 2 aromatic carbocycles. The molecule has 0 unspecified atom stereocenters. The van der Waals surface area contributed by atoms with Crippen LogP contribution in [0.4, 0.5) is 10.1 Å². The SMILES string of the molecule is O=C(O)CNC(=O)c1ccc(NC(=O)C2(c3ccccc3F)CCCC2)cc1. The summed E-state index contributed by atoms with van der Waals surface area (Å²) in [6.45, 7) is -0.470. The number of hydrogen-bond donors (Lipinski definition) is 3. The zero-order valence-electron chi connectivity index (χ0n) is 15.2. The molecule has 2 amide bonds. The molecular weight excluding hydrogens is 363 g/mol. The molecule has 0 bridgehead atoms. The lowest BCUT2D eigenvalue weighted by molar-refractivity contribution is -0.135. The van der Waals surface area contributed by atoms with Gasteiger partial charge in [0.25, 0.3) is 5.91 Å². The molecule has 2 aromatic rings. The summed E-state index contributed by atoms with van der Waals surface area (Å²) < 4.78 is 14.4. The second-order valence-corrected chi connectivity index (χ2v) is 6.88. The number of carboxylic acid groups (broad SMARTS) is 1. The third kappa shape index (κ3) is 4.03. The van der Waals surface area contributed by atoms with Crippen molar-refractivity contribution >= 4 is 23.5 Å². The molecule has 1 aliphatic carbocycles. The largest absolute Gasteiger partial charge is 0.480 e. The van der Waals surface area contributed by atoms with E-state index in [2.05, 4.69) is 10.6 Å². The van der Waals surface area contributed by atoms with Gasteiger partial charge in [0.1, 0.15) is 12.4 Å². The summed E-state index contributed by atoms with van der Waals surface area (Å²) in [7, 11) is 0. The number of nitrogens with one attached hydrogen (secondary N) is 2. The highest BCUT2D eigenvalue weighted by Gasteiger charge is 2.44. The number of anilines is 1. The molecule has 28 heavy (non-hydrogen) atoms. The number of hydrogen-bond acceptors (Lipinski definition) is 3. The smallest absolute Gasteiger partial charge is 0.322 e. The van der Waals surface area contributed by atoms with E-state index < -0.39 is 23.8 Å². The van der Waals surface area contributed by atoms with Crippen LogP contribution in [0.5, 0.6) is 0 Å². The zero-order chi connectivity index (χ0) is 20.1. The van der Waals surface area contributed by atoms with Crippen molar-refractivity contribution in [3.8, 4) is 0 Å². The van der Waals surface area contributed by atoms with E-state index in [-0.39, 0.29) is 17.3 Å². The summed E-state index contributed by atoms with van der Waals surface area (Å²) in [4.78, 5) is 35.4. The molecule has 6 nitrogen and oxygen atoms in total. The van der Waals surface area contributed by atoms with Gasteiger partial charge in [-0.1, -0.05) is 31.0 Å². The van der Waals surface area contributed by atoms with Gasteiger partial charge in [-0.15, -0.1) is 0 Å². The van der Waals surface area contributed by atoms with E-state index in [0.717, 1.165) is 12.8 Å². The molecule has 1 saturated carbocycles. The van der Waals surface area contributed by atoms with Crippen molar-refractivity contribution in [1.82, 2.24) is 5.32 Å². The topological polar surface area (TPSA) is 95.5 Å². The first-order chi connectivity index (χ1) is 13.4. The highest BCUT2D eigenvalue weighted by molar-refractivity contribution is 6.00. The average molecular weight is 384 g/mol. The van der Waals surface area contributed by atoms with Crippen molar-refractivity contribution in [3.05, 3.63) is 65.5 Å². The summed E-state index contributed by atoms with van der Waals surface area (Å²) in [6, 6.07) is 12.5.